The Morgan fingerprint density at radius 3 is 2.49 bits per heavy atom. The van der Waals surface area contributed by atoms with Crippen molar-refractivity contribution >= 4 is 29.5 Å². The molecule has 2 atom stereocenters. The van der Waals surface area contributed by atoms with Crippen LogP contribution in [0.5, 0.6) is 0 Å². The first-order valence-corrected chi connectivity index (χ1v) is 13.5. The third-order valence-electron chi connectivity index (χ3n) is 7.60. The summed E-state index contributed by atoms with van der Waals surface area (Å²) in [6.07, 6.45) is 9.09. The lowest BCUT2D eigenvalue weighted by Gasteiger charge is -2.44. The molecule has 2 aliphatic rings. The van der Waals surface area contributed by atoms with Crippen molar-refractivity contribution in [3.8, 4) is 0 Å². The zero-order valence-electron chi connectivity index (χ0n) is 22.3. The molecule has 200 valence electrons. The first-order valence-electron chi connectivity index (χ1n) is 13.5. The number of allylic oxidation sites excluding steroid dienone is 1. The average molecular weight is 524 g/mol. The lowest BCUT2D eigenvalue weighted by atomic mass is 9.83. The number of carboxylic acids is 1. The number of hydrogen-bond donors (Lipinski definition) is 2. The van der Waals surface area contributed by atoms with E-state index in [-0.39, 0.29) is 17.9 Å². The lowest BCUT2D eigenvalue weighted by molar-refractivity contribution is -0.131. The number of fused-ring (bicyclic) bond motifs is 1. The van der Waals surface area contributed by atoms with Crippen molar-refractivity contribution < 1.29 is 14.3 Å². The molecular weight excluding hydrogens is 489 g/mol. The molecule has 5 nitrogen and oxygen atoms in total. The number of nitrogens with zero attached hydrogens (tertiary/aromatic N) is 2. The van der Waals surface area contributed by atoms with Gasteiger partial charge in [0.05, 0.1) is 11.7 Å². The van der Waals surface area contributed by atoms with Crippen LogP contribution in [0.2, 0.25) is 0 Å². The number of aliphatic imine (C=N–C) groups is 1. The minimum absolute atomic E-state index is 0.0280. The van der Waals surface area contributed by atoms with Gasteiger partial charge in [-0.25, -0.2) is 9.18 Å². The number of carboxylic acid groups (broad SMARTS) is 1. The molecule has 0 aromatic heterocycles. The third-order valence-corrected chi connectivity index (χ3v) is 7.60. The Morgan fingerprint density at radius 1 is 1.10 bits per heavy atom. The molecule has 1 aliphatic heterocycles. The maximum Gasteiger partial charge on any atom is 0.328 e. The Morgan fingerprint density at radius 2 is 1.85 bits per heavy atom. The van der Waals surface area contributed by atoms with Crippen molar-refractivity contribution in [2.24, 2.45) is 10.7 Å². The number of anilines is 1. The fraction of sp³-hybridized carbons (Fsp3) is 0.273. The highest BCUT2D eigenvalue weighted by atomic mass is 19.1. The molecule has 0 radical (unpaired) electrons. The van der Waals surface area contributed by atoms with Crippen LogP contribution in [0.4, 0.5) is 10.1 Å². The summed E-state index contributed by atoms with van der Waals surface area (Å²) in [4.78, 5) is 17.5. The summed E-state index contributed by atoms with van der Waals surface area (Å²) in [5, 5.41) is 8.99. The third kappa shape index (κ3) is 5.65. The zero-order valence-corrected chi connectivity index (χ0v) is 22.3. The van der Waals surface area contributed by atoms with Crippen molar-refractivity contribution in [1.82, 2.24) is 0 Å². The van der Waals surface area contributed by atoms with Crippen LogP contribution in [0.3, 0.4) is 0 Å². The Hall–Kier alpha value is -4.19. The highest BCUT2D eigenvalue weighted by molar-refractivity contribution is 6.09. The second-order valence-electron chi connectivity index (χ2n) is 10.3. The molecule has 6 heteroatoms. The minimum Gasteiger partial charge on any atom is -0.478 e. The summed E-state index contributed by atoms with van der Waals surface area (Å²) < 4.78 is 15.7. The number of rotatable bonds is 8. The van der Waals surface area contributed by atoms with Gasteiger partial charge in [0, 0.05) is 36.7 Å². The van der Waals surface area contributed by atoms with Gasteiger partial charge in [0.15, 0.2) is 0 Å². The molecule has 3 N–H and O–H groups in total. The number of benzene rings is 3. The molecule has 3 aromatic carbocycles. The van der Waals surface area contributed by atoms with Crippen molar-refractivity contribution in [2.75, 3.05) is 11.4 Å². The summed E-state index contributed by atoms with van der Waals surface area (Å²) >= 11 is 0. The second kappa shape index (κ2) is 11.3. The fourth-order valence-corrected chi connectivity index (χ4v) is 5.53. The van der Waals surface area contributed by atoms with Crippen LogP contribution in [0, 0.1) is 5.82 Å². The van der Waals surface area contributed by atoms with Crippen LogP contribution in [0.25, 0.3) is 11.6 Å². The normalized spacial score (nSPS) is 19.6. The molecule has 0 saturated heterocycles. The number of aliphatic carboxylic acids is 1. The predicted octanol–water partition coefficient (Wildman–Crippen LogP) is 6.73. The largest absolute Gasteiger partial charge is 0.478 e. The van der Waals surface area contributed by atoms with Crippen molar-refractivity contribution in [2.45, 2.75) is 51.1 Å². The summed E-state index contributed by atoms with van der Waals surface area (Å²) in [7, 11) is 0. The summed E-state index contributed by atoms with van der Waals surface area (Å²) in [5.74, 6) is -0.702. The Labute approximate surface area is 229 Å². The SMILES string of the molecule is CCN=CC(=CN)c1ccc2c(c1)CC(C)N(c1ccc(C3CC3)cc1F)C2c1ccc(/C=C/C(=O)O)cc1. The van der Waals surface area contributed by atoms with E-state index in [9.17, 15) is 4.79 Å². The monoisotopic (exact) mass is 523 g/mol. The Balaban J connectivity index is 1.60. The van der Waals surface area contributed by atoms with Gasteiger partial charge in [-0.15, -0.1) is 0 Å². The fourth-order valence-electron chi connectivity index (χ4n) is 5.53. The number of nitrogens with two attached hydrogens (primary N) is 1. The van der Waals surface area contributed by atoms with Gasteiger partial charge in [-0.2, -0.15) is 0 Å². The highest BCUT2D eigenvalue weighted by Crippen LogP contribution is 2.45. The van der Waals surface area contributed by atoms with E-state index < -0.39 is 5.97 Å². The molecule has 3 aromatic rings. The maximum absolute atomic E-state index is 15.7. The zero-order chi connectivity index (χ0) is 27.5. The van der Waals surface area contributed by atoms with E-state index in [2.05, 4.69) is 41.1 Å². The predicted molar refractivity (Wildman–Crippen MR) is 157 cm³/mol. The van der Waals surface area contributed by atoms with E-state index in [1.807, 2.05) is 37.3 Å². The molecule has 1 fully saturated rings. The van der Waals surface area contributed by atoms with E-state index in [1.54, 1.807) is 24.6 Å². The van der Waals surface area contributed by atoms with Gasteiger partial charge in [-0.3, -0.25) is 4.99 Å². The molecule has 39 heavy (non-hydrogen) atoms. The van der Waals surface area contributed by atoms with Crippen LogP contribution in [0.1, 0.15) is 72.0 Å². The summed E-state index contributed by atoms with van der Waals surface area (Å²) in [6, 6.07) is 19.7. The average Bonchev–Trinajstić information content (AvgIpc) is 3.78. The van der Waals surface area contributed by atoms with Crippen molar-refractivity contribution in [1.29, 1.82) is 0 Å². The van der Waals surface area contributed by atoms with E-state index in [0.29, 0.717) is 18.2 Å². The van der Waals surface area contributed by atoms with Gasteiger partial charge in [0.1, 0.15) is 5.82 Å². The molecule has 0 bridgehead atoms. The number of halogens is 1. The van der Waals surface area contributed by atoms with Crippen LogP contribution < -0.4 is 10.6 Å². The molecule has 1 saturated carbocycles. The van der Waals surface area contributed by atoms with Crippen LogP contribution in [-0.2, 0) is 11.2 Å². The maximum atomic E-state index is 15.7. The smallest absolute Gasteiger partial charge is 0.328 e. The first-order chi connectivity index (χ1) is 18.9. The lowest BCUT2D eigenvalue weighted by Crippen LogP contribution is -2.43. The van der Waals surface area contributed by atoms with Crippen LogP contribution in [-0.4, -0.2) is 29.9 Å². The second-order valence-corrected chi connectivity index (χ2v) is 10.3. The topological polar surface area (TPSA) is 78.9 Å². The Kier molecular flexibility index (Phi) is 7.64. The number of hydrogen-bond acceptors (Lipinski definition) is 4. The van der Waals surface area contributed by atoms with Crippen LogP contribution >= 0.6 is 0 Å². The molecule has 0 amide bonds. The van der Waals surface area contributed by atoms with Gasteiger partial charge in [-0.05, 0) is 90.6 Å². The van der Waals surface area contributed by atoms with Gasteiger partial charge in [0.25, 0.3) is 0 Å². The van der Waals surface area contributed by atoms with Crippen molar-refractivity contribution in [3.05, 3.63) is 112 Å². The van der Waals surface area contributed by atoms with E-state index in [4.69, 9.17) is 10.8 Å². The van der Waals surface area contributed by atoms with E-state index in [0.717, 1.165) is 58.7 Å². The van der Waals surface area contributed by atoms with Crippen molar-refractivity contribution in [3.63, 3.8) is 0 Å². The molecule has 5 rings (SSSR count). The van der Waals surface area contributed by atoms with Crippen LogP contribution in [0.15, 0.2) is 77.9 Å². The quantitative estimate of drug-likeness (QED) is 0.253. The van der Waals surface area contributed by atoms with Gasteiger partial charge < -0.3 is 15.7 Å². The standard InChI is InChI=1S/C33H34FN3O2/c1-3-36-20-28(19-35)25-11-13-29-27(17-25)16-21(2)37(31-14-12-26(18-30(31)34)23-9-10-23)33(29)24-7-4-22(5-8-24)6-15-32(38)39/h4-8,11-15,17-21,23,33H,3,9-10,16,35H2,1-2H3,(H,38,39)/b15-6+,28-19?,36-20?. The van der Waals surface area contributed by atoms with Gasteiger partial charge in [-0.1, -0.05) is 48.5 Å². The molecule has 0 spiro atoms. The first kappa shape index (κ1) is 26.4. The molecular formula is C33H34FN3O2. The minimum atomic E-state index is -0.990. The Bertz CT molecular complexity index is 1450. The molecule has 1 aliphatic carbocycles. The van der Waals surface area contributed by atoms with E-state index in [1.165, 1.54) is 5.56 Å². The summed E-state index contributed by atoms with van der Waals surface area (Å²) in [5.41, 5.74) is 13.6. The summed E-state index contributed by atoms with van der Waals surface area (Å²) in [6.45, 7) is 4.80. The van der Waals surface area contributed by atoms with Gasteiger partial charge in [0.2, 0.25) is 0 Å². The van der Waals surface area contributed by atoms with Gasteiger partial charge >= 0.3 is 5.97 Å². The van der Waals surface area contributed by atoms with E-state index >= 15 is 4.39 Å². The highest BCUT2D eigenvalue weighted by Gasteiger charge is 2.35. The number of carbonyl (C=O) groups is 1. The molecule has 2 unspecified atom stereocenters. The molecule has 1 heterocycles.